The van der Waals surface area contributed by atoms with Gasteiger partial charge in [0.25, 0.3) is 0 Å². The van der Waals surface area contributed by atoms with E-state index in [2.05, 4.69) is 11.5 Å². The van der Waals surface area contributed by atoms with Crippen LogP contribution in [0.5, 0.6) is 5.75 Å². The fraction of sp³-hybridized carbons (Fsp3) is 0.500. The number of hydrogen-bond acceptors (Lipinski definition) is 4. The highest BCUT2D eigenvalue weighted by Gasteiger charge is 2.15. The normalized spacial score (nSPS) is 15.2. The van der Waals surface area contributed by atoms with Crippen molar-refractivity contribution in [1.29, 1.82) is 0 Å². The summed E-state index contributed by atoms with van der Waals surface area (Å²) in [5.41, 5.74) is 7.54. The Balaban J connectivity index is 1.98. The standard InChI is InChI=1S/C18H27N3O2/c1-3-18(22)21(12-11-20-9-5-4-6-10-20)14-15-7-8-17(23-2)16(19)13-15/h3,7-8,13H,1,4-6,9-12,14,19H2,2H3. The van der Waals surface area contributed by atoms with E-state index in [1.54, 1.807) is 7.11 Å². The van der Waals surface area contributed by atoms with E-state index in [0.717, 1.165) is 25.2 Å². The summed E-state index contributed by atoms with van der Waals surface area (Å²) in [5, 5.41) is 0. The van der Waals surface area contributed by atoms with Gasteiger partial charge in [0.05, 0.1) is 12.8 Å². The van der Waals surface area contributed by atoms with Gasteiger partial charge >= 0.3 is 0 Å². The maximum absolute atomic E-state index is 12.1. The smallest absolute Gasteiger partial charge is 0.246 e. The van der Waals surface area contributed by atoms with Gasteiger partial charge in [0.1, 0.15) is 5.75 Å². The zero-order valence-corrected chi connectivity index (χ0v) is 14.0. The van der Waals surface area contributed by atoms with Crippen molar-refractivity contribution >= 4 is 11.6 Å². The largest absolute Gasteiger partial charge is 0.495 e. The molecule has 1 saturated heterocycles. The lowest BCUT2D eigenvalue weighted by Crippen LogP contribution is -2.39. The Labute approximate surface area is 138 Å². The highest BCUT2D eigenvalue weighted by Crippen LogP contribution is 2.22. The molecular formula is C18H27N3O2. The number of ether oxygens (including phenoxy) is 1. The van der Waals surface area contributed by atoms with Crippen LogP contribution >= 0.6 is 0 Å². The fourth-order valence-electron chi connectivity index (χ4n) is 2.94. The molecule has 1 aromatic carbocycles. The number of amides is 1. The first kappa shape index (κ1) is 17.3. The first-order chi connectivity index (χ1) is 11.1. The van der Waals surface area contributed by atoms with Crippen LogP contribution in [0.2, 0.25) is 0 Å². The van der Waals surface area contributed by atoms with Crippen LogP contribution in [0.15, 0.2) is 30.9 Å². The van der Waals surface area contributed by atoms with Gasteiger partial charge in [-0.3, -0.25) is 4.79 Å². The van der Waals surface area contributed by atoms with Gasteiger partial charge in [-0.25, -0.2) is 0 Å². The molecule has 5 heteroatoms. The van der Waals surface area contributed by atoms with Crippen LogP contribution in [0.3, 0.4) is 0 Å². The molecule has 0 aliphatic carbocycles. The number of likely N-dealkylation sites (tertiary alicyclic amines) is 1. The van der Waals surface area contributed by atoms with Crippen LogP contribution in [0, 0.1) is 0 Å². The Morgan fingerprint density at radius 3 is 2.74 bits per heavy atom. The third kappa shape index (κ3) is 4.99. The van der Waals surface area contributed by atoms with Gasteiger partial charge in [-0.1, -0.05) is 19.1 Å². The number of carbonyl (C=O) groups excluding carboxylic acids is 1. The SMILES string of the molecule is C=CC(=O)N(CCN1CCCCC1)Cc1ccc(OC)c(N)c1. The average molecular weight is 317 g/mol. The minimum atomic E-state index is -0.0450. The molecule has 0 aromatic heterocycles. The predicted octanol–water partition coefficient (Wildman–Crippen LogP) is 2.28. The minimum absolute atomic E-state index is 0.0450. The van der Waals surface area contributed by atoms with Gasteiger partial charge in [0, 0.05) is 19.6 Å². The van der Waals surface area contributed by atoms with E-state index in [0.29, 0.717) is 24.5 Å². The molecule has 1 fully saturated rings. The molecule has 1 aliphatic heterocycles. The first-order valence-corrected chi connectivity index (χ1v) is 8.20. The first-order valence-electron chi connectivity index (χ1n) is 8.20. The number of piperidine rings is 1. The lowest BCUT2D eigenvalue weighted by atomic mass is 10.1. The molecule has 2 N–H and O–H groups in total. The van der Waals surface area contributed by atoms with Crippen molar-refractivity contribution in [3.05, 3.63) is 36.4 Å². The number of nitrogen functional groups attached to an aromatic ring is 1. The van der Waals surface area contributed by atoms with E-state index in [1.807, 2.05) is 23.1 Å². The van der Waals surface area contributed by atoms with Crippen molar-refractivity contribution in [2.75, 3.05) is 39.0 Å². The van der Waals surface area contributed by atoms with E-state index in [-0.39, 0.29) is 5.91 Å². The fourth-order valence-corrected chi connectivity index (χ4v) is 2.94. The summed E-state index contributed by atoms with van der Waals surface area (Å²) in [6.45, 7) is 8.02. The Bertz CT molecular complexity index is 539. The molecule has 126 valence electrons. The monoisotopic (exact) mass is 317 g/mol. The van der Waals surface area contributed by atoms with E-state index in [9.17, 15) is 4.79 Å². The summed E-state index contributed by atoms with van der Waals surface area (Å²) in [5.74, 6) is 0.611. The summed E-state index contributed by atoms with van der Waals surface area (Å²) < 4.78 is 5.17. The molecule has 0 bridgehead atoms. The van der Waals surface area contributed by atoms with Gasteiger partial charge < -0.3 is 20.3 Å². The number of carbonyl (C=O) groups is 1. The Hall–Kier alpha value is -2.01. The number of benzene rings is 1. The van der Waals surface area contributed by atoms with Crippen LogP contribution < -0.4 is 10.5 Å². The third-order valence-electron chi connectivity index (χ3n) is 4.29. The maximum Gasteiger partial charge on any atom is 0.246 e. The number of nitrogens with zero attached hydrogens (tertiary/aromatic N) is 2. The summed E-state index contributed by atoms with van der Waals surface area (Å²) >= 11 is 0. The van der Waals surface area contributed by atoms with E-state index in [1.165, 1.54) is 25.3 Å². The van der Waals surface area contributed by atoms with E-state index in [4.69, 9.17) is 10.5 Å². The van der Waals surface area contributed by atoms with Crippen molar-refractivity contribution in [2.45, 2.75) is 25.8 Å². The molecule has 0 radical (unpaired) electrons. The lowest BCUT2D eigenvalue weighted by Gasteiger charge is -2.29. The highest BCUT2D eigenvalue weighted by atomic mass is 16.5. The van der Waals surface area contributed by atoms with Crippen molar-refractivity contribution < 1.29 is 9.53 Å². The summed E-state index contributed by atoms with van der Waals surface area (Å²) in [6.07, 6.45) is 5.20. The minimum Gasteiger partial charge on any atom is -0.495 e. The van der Waals surface area contributed by atoms with Crippen molar-refractivity contribution in [3.8, 4) is 5.75 Å². The second kappa shape index (κ2) is 8.58. The van der Waals surface area contributed by atoms with Gasteiger partial charge in [0.15, 0.2) is 0 Å². The van der Waals surface area contributed by atoms with Gasteiger partial charge in [0.2, 0.25) is 5.91 Å². The van der Waals surface area contributed by atoms with Crippen LogP contribution in [-0.2, 0) is 11.3 Å². The van der Waals surface area contributed by atoms with Gasteiger partial charge in [-0.2, -0.15) is 0 Å². The molecule has 0 unspecified atom stereocenters. The van der Waals surface area contributed by atoms with Crippen LogP contribution in [0.4, 0.5) is 5.69 Å². The van der Waals surface area contributed by atoms with Crippen molar-refractivity contribution in [2.24, 2.45) is 0 Å². The molecule has 1 aliphatic rings. The van der Waals surface area contributed by atoms with Crippen molar-refractivity contribution in [3.63, 3.8) is 0 Å². The molecule has 1 amide bonds. The maximum atomic E-state index is 12.1. The lowest BCUT2D eigenvalue weighted by molar-refractivity contribution is -0.126. The molecule has 2 rings (SSSR count). The number of anilines is 1. The molecule has 23 heavy (non-hydrogen) atoms. The second-order valence-corrected chi connectivity index (χ2v) is 5.94. The molecule has 1 heterocycles. The quantitative estimate of drug-likeness (QED) is 0.619. The van der Waals surface area contributed by atoms with Gasteiger partial charge in [-0.15, -0.1) is 0 Å². The van der Waals surface area contributed by atoms with Crippen molar-refractivity contribution in [1.82, 2.24) is 9.80 Å². The molecule has 5 nitrogen and oxygen atoms in total. The Morgan fingerprint density at radius 1 is 1.39 bits per heavy atom. The zero-order chi connectivity index (χ0) is 16.7. The predicted molar refractivity (Wildman–Crippen MR) is 93.3 cm³/mol. The molecule has 0 saturated carbocycles. The number of methoxy groups -OCH3 is 1. The van der Waals surface area contributed by atoms with Crippen LogP contribution in [-0.4, -0.2) is 49.0 Å². The summed E-state index contributed by atoms with van der Waals surface area (Å²) in [4.78, 5) is 16.4. The third-order valence-corrected chi connectivity index (χ3v) is 4.29. The molecule has 0 atom stereocenters. The van der Waals surface area contributed by atoms with Gasteiger partial charge in [-0.05, 0) is 49.7 Å². The number of rotatable bonds is 7. The van der Waals surface area contributed by atoms with Crippen LogP contribution in [0.1, 0.15) is 24.8 Å². The molecule has 0 spiro atoms. The summed E-state index contributed by atoms with van der Waals surface area (Å²) in [6, 6.07) is 5.65. The number of nitrogens with two attached hydrogens (primary N) is 1. The topological polar surface area (TPSA) is 58.8 Å². The highest BCUT2D eigenvalue weighted by molar-refractivity contribution is 5.87. The van der Waals surface area contributed by atoms with Crippen LogP contribution in [0.25, 0.3) is 0 Å². The Morgan fingerprint density at radius 2 is 2.13 bits per heavy atom. The van der Waals surface area contributed by atoms with E-state index >= 15 is 0 Å². The second-order valence-electron chi connectivity index (χ2n) is 5.94. The summed E-state index contributed by atoms with van der Waals surface area (Å²) in [7, 11) is 1.59. The number of hydrogen-bond donors (Lipinski definition) is 1. The van der Waals surface area contributed by atoms with E-state index < -0.39 is 0 Å². The Kier molecular flexibility index (Phi) is 6.47. The zero-order valence-electron chi connectivity index (χ0n) is 14.0. The molecule has 1 aromatic rings. The average Bonchev–Trinajstić information content (AvgIpc) is 2.59. The molecular weight excluding hydrogens is 290 g/mol.